The van der Waals surface area contributed by atoms with Gasteiger partial charge in [-0.2, -0.15) is 14.9 Å². The number of hydrogen-bond acceptors (Lipinski definition) is 18. The first kappa shape index (κ1) is 47.8. The highest BCUT2D eigenvalue weighted by Crippen LogP contribution is 2.57. The van der Waals surface area contributed by atoms with E-state index in [1.807, 2.05) is 0 Å². The van der Waals surface area contributed by atoms with Crippen molar-refractivity contribution in [2.75, 3.05) is 40.8 Å². The van der Waals surface area contributed by atoms with Gasteiger partial charge in [0, 0.05) is 35.5 Å². The van der Waals surface area contributed by atoms with Gasteiger partial charge in [0.25, 0.3) is 11.5 Å². The lowest BCUT2D eigenvalue weighted by atomic mass is 9.66. The van der Waals surface area contributed by atoms with Crippen molar-refractivity contribution < 1.29 is 72.6 Å². The highest BCUT2D eigenvalue weighted by atomic mass is 35.5. The Labute approximate surface area is 398 Å². The molecule has 0 radical (unpaired) electrons. The number of halogens is 1. The second-order valence-electron chi connectivity index (χ2n) is 17.1. The lowest BCUT2D eigenvalue weighted by molar-refractivity contribution is -0.364. The van der Waals surface area contributed by atoms with Crippen LogP contribution in [-0.2, 0) is 35.5 Å². The summed E-state index contributed by atoms with van der Waals surface area (Å²) in [6, 6.07) is 14.8. The van der Waals surface area contributed by atoms with Gasteiger partial charge in [-0.1, -0.05) is 23.7 Å². The molecule has 69 heavy (non-hydrogen) atoms. The molecule has 1 aliphatic carbocycles. The number of cyclic esters (lactones) is 1. The smallest absolute Gasteiger partial charge is 0.310 e. The van der Waals surface area contributed by atoms with Gasteiger partial charge in [-0.15, -0.1) is 0 Å². The third-order valence-corrected chi connectivity index (χ3v) is 12.9. The molecule has 5 aromatic rings. The molecule has 22 heteroatoms. The molecule has 0 bridgehead atoms. The average Bonchev–Trinajstić information content (AvgIpc) is 4.10. The van der Waals surface area contributed by atoms with Crippen LogP contribution in [0.3, 0.4) is 0 Å². The van der Waals surface area contributed by atoms with Crippen LogP contribution in [0.5, 0.6) is 28.7 Å². The van der Waals surface area contributed by atoms with E-state index < -0.39 is 84.3 Å². The van der Waals surface area contributed by atoms with E-state index in [0.29, 0.717) is 50.2 Å². The molecule has 3 aromatic carbocycles. The van der Waals surface area contributed by atoms with Gasteiger partial charge in [-0.25, -0.2) is 0 Å². The van der Waals surface area contributed by atoms with Crippen LogP contribution in [-0.4, -0.2) is 136 Å². The summed E-state index contributed by atoms with van der Waals surface area (Å²) in [6.45, 7) is 3.33. The molecule has 21 nitrogen and oxygen atoms in total. The van der Waals surface area contributed by atoms with Crippen LogP contribution in [0.1, 0.15) is 52.9 Å². The maximum atomic E-state index is 13.4. The number of hydrogen-bond donors (Lipinski definition) is 5. The number of aliphatic hydroxyl groups is 3. The molecular weight excluding hydrogens is 926 g/mol. The Kier molecular flexibility index (Phi) is 13.6. The van der Waals surface area contributed by atoms with Crippen molar-refractivity contribution in [3.05, 3.63) is 105 Å². The van der Waals surface area contributed by atoms with Gasteiger partial charge < -0.3 is 68.4 Å². The summed E-state index contributed by atoms with van der Waals surface area (Å²) in [4.78, 5) is 38.8. The number of benzene rings is 3. The molecule has 6 heterocycles. The number of aryl methyl sites for hydroxylation is 1. The molecule has 0 saturated carbocycles. The number of carbonyl (C=O) groups excluding carboxylic acids is 2. The van der Waals surface area contributed by atoms with Crippen molar-refractivity contribution in [2.45, 2.75) is 68.9 Å². The third kappa shape index (κ3) is 9.19. The first-order chi connectivity index (χ1) is 33.2. The summed E-state index contributed by atoms with van der Waals surface area (Å²) < 4.78 is 54.2. The highest BCUT2D eigenvalue weighted by Gasteiger charge is 2.56. The van der Waals surface area contributed by atoms with E-state index in [2.05, 4.69) is 15.5 Å². The summed E-state index contributed by atoms with van der Waals surface area (Å²) >= 11 is 5.93. The van der Waals surface area contributed by atoms with Gasteiger partial charge in [-0.3, -0.25) is 19.1 Å². The van der Waals surface area contributed by atoms with Gasteiger partial charge >= 0.3 is 5.97 Å². The maximum Gasteiger partial charge on any atom is 0.310 e. The number of aromatic hydroxyl groups is 1. The molecule has 3 saturated heterocycles. The molecule has 10 rings (SSSR count). The number of esters is 1. The number of aromatic nitrogens is 4. The Balaban J connectivity index is 0.000000190. The van der Waals surface area contributed by atoms with E-state index in [9.17, 15) is 29.7 Å². The minimum absolute atomic E-state index is 0.0301. The standard InChI is InChI=1S/C29H32O13.C18H18ClN5O3/c1-11-36-9-20-27(40-11)24(31)25(32)29(41-20)42-26-14-7-17-16(38-10-39-17)6-13(14)21(22-15(26)8-37-28(22)33)12-4-18(34-2)23(30)19(5-12)35-3;1-11(10-25)21-17(26)15-7-16(12-3-5-13(19)6-4-12)22-24(18(15)27)14-8-20-23(2)9-14/h4-7,11,15,20-22,24-27,29-32H,8-10H2,1-3H3;3-9,11,25H,10H2,1-2H3,(H,21,26). The molecule has 1 amide bonds. The minimum atomic E-state index is -1.44. The van der Waals surface area contributed by atoms with Gasteiger partial charge in [0.05, 0.1) is 64.1 Å². The molecule has 366 valence electrons. The zero-order chi connectivity index (χ0) is 48.8. The SMILES string of the molecule is CC(CO)NC(=O)c1cc(-c2ccc(Cl)cc2)nn(-c2cnn(C)c2)c1=O.COc1cc(C2c3cc4c(cc3C(OC3OC5COC(C)OC5C(O)C3O)C3COC(=O)C23)OCO4)cc(OC)c1O. The maximum absolute atomic E-state index is 13.4. The Morgan fingerprint density at radius 3 is 2.30 bits per heavy atom. The van der Waals surface area contributed by atoms with E-state index in [1.54, 1.807) is 75.6 Å². The summed E-state index contributed by atoms with van der Waals surface area (Å²) in [6.07, 6.45) is -3.69. The number of phenolic OH excluding ortho intramolecular Hbond substituents is 1. The molecular formula is C47H50ClN5O16. The van der Waals surface area contributed by atoms with Gasteiger partial charge in [-0.05, 0) is 73.0 Å². The topological polar surface area (TPSA) is 263 Å². The number of phenols is 1. The fourth-order valence-corrected chi connectivity index (χ4v) is 9.32. The summed E-state index contributed by atoms with van der Waals surface area (Å²) in [5.41, 5.74) is 2.91. The molecule has 5 N–H and O–H groups in total. The Morgan fingerprint density at radius 2 is 1.65 bits per heavy atom. The molecule has 2 aromatic heterocycles. The largest absolute Gasteiger partial charge is 0.502 e. The van der Waals surface area contributed by atoms with Crippen molar-refractivity contribution in [3.63, 3.8) is 0 Å². The molecule has 4 aliphatic heterocycles. The van der Waals surface area contributed by atoms with Crippen LogP contribution in [0, 0.1) is 11.8 Å². The van der Waals surface area contributed by atoms with Gasteiger partial charge in [0.1, 0.15) is 35.7 Å². The summed E-state index contributed by atoms with van der Waals surface area (Å²) in [5, 5.41) is 53.3. The number of aliphatic hydroxyl groups excluding tert-OH is 3. The van der Waals surface area contributed by atoms with Crippen LogP contribution in [0.15, 0.2) is 71.8 Å². The van der Waals surface area contributed by atoms with Crippen LogP contribution in [0.4, 0.5) is 0 Å². The summed E-state index contributed by atoms with van der Waals surface area (Å²) in [5.74, 6) is -1.61. The zero-order valence-electron chi connectivity index (χ0n) is 37.9. The van der Waals surface area contributed by atoms with Crippen LogP contribution < -0.4 is 29.8 Å². The Hall–Kier alpha value is -6.30. The van der Waals surface area contributed by atoms with E-state index in [1.165, 1.54) is 31.2 Å². The van der Waals surface area contributed by atoms with Crippen LogP contribution in [0.2, 0.25) is 5.02 Å². The Morgan fingerprint density at radius 1 is 0.957 bits per heavy atom. The number of nitrogens with zero attached hydrogens (tertiary/aromatic N) is 4. The lowest BCUT2D eigenvalue weighted by Gasteiger charge is -2.47. The molecule has 11 unspecified atom stereocenters. The van der Waals surface area contributed by atoms with E-state index in [-0.39, 0.29) is 49.4 Å². The number of carbonyl (C=O) groups is 2. The number of rotatable bonds is 10. The van der Waals surface area contributed by atoms with Crippen molar-refractivity contribution in [1.29, 1.82) is 0 Å². The first-order valence-corrected chi connectivity index (χ1v) is 22.4. The third-order valence-electron chi connectivity index (χ3n) is 12.6. The van der Waals surface area contributed by atoms with E-state index in [0.717, 1.165) is 4.68 Å². The first-order valence-electron chi connectivity index (χ1n) is 22.0. The quantitative estimate of drug-likeness (QED) is 0.126. The Bertz CT molecular complexity index is 2760. The number of amides is 1. The number of ether oxygens (including phenoxy) is 9. The highest BCUT2D eigenvalue weighted by molar-refractivity contribution is 6.30. The van der Waals surface area contributed by atoms with E-state index in [4.69, 9.17) is 59.3 Å². The van der Waals surface area contributed by atoms with Crippen molar-refractivity contribution in [2.24, 2.45) is 18.9 Å². The second-order valence-corrected chi connectivity index (χ2v) is 17.5. The fourth-order valence-electron chi connectivity index (χ4n) is 9.19. The number of fused-ring (bicyclic) bond motifs is 4. The molecule has 0 spiro atoms. The second kappa shape index (κ2) is 19.6. The van der Waals surface area contributed by atoms with Crippen molar-refractivity contribution in [3.8, 4) is 45.7 Å². The van der Waals surface area contributed by atoms with Gasteiger partial charge in [0.15, 0.2) is 35.6 Å². The summed E-state index contributed by atoms with van der Waals surface area (Å²) in [7, 11) is 4.58. The minimum Gasteiger partial charge on any atom is -0.502 e. The number of methoxy groups -OCH3 is 2. The monoisotopic (exact) mass is 975 g/mol. The van der Waals surface area contributed by atoms with Crippen molar-refractivity contribution >= 4 is 23.5 Å². The van der Waals surface area contributed by atoms with Gasteiger partial charge in [0.2, 0.25) is 12.5 Å². The normalized spacial score (nSPS) is 26.9. The molecule has 5 aliphatic rings. The zero-order valence-corrected chi connectivity index (χ0v) is 38.6. The molecule has 3 fully saturated rings. The van der Waals surface area contributed by atoms with Crippen LogP contribution in [0.25, 0.3) is 16.9 Å². The fraction of sp³-hybridized carbons (Fsp3) is 0.426. The van der Waals surface area contributed by atoms with E-state index >= 15 is 0 Å². The number of nitrogens with one attached hydrogen (secondary N) is 1. The average molecular weight is 976 g/mol. The van der Waals surface area contributed by atoms with Crippen molar-refractivity contribution in [1.82, 2.24) is 24.9 Å². The molecule has 11 atom stereocenters. The lowest BCUT2D eigenvalue weighted by Crippen LogP contribution is -2.63. The predicted molar refractivity (Wildman–Crippen MR) is 239 cm³/mol. The predicted octanol–water partition coefficient (Wildman–Crippen LogP) is 2.74. The van der Waals surface area contributed by atoms with Crippen LogP contribution >= 0.6 is 11.6 Å².